The molecule has 0 saturated heterocycles. The summed E-state index contributed by atoms with van der Waals surface area (Å²) in [5.74, 6) is -1.63. The van der Waals surface area contributed by atoms with Crippen molar-refractivity contribution < 1.29 is 75.8 Å². The average Bonchev–Trinajstić information content (AvgIpc) is 1.14. The van der Waals surface area contributed by atoms with Crippen LogP contribution < -0.4 is 0 Å². The summed E-state index contributed by atoms with van der Waals surface area (Å²) in [7, 11) is -9.80. The maximum atomic E-state index is 13.0. The van der Waals surface area contributed by atoms with Gasteiger partial charge in [-0.15, -0.1) is 0 Å². The van der Waals surface area contributed by atoms with Crippen LogP contribution >= 0.6 is 15.6 Å². The number of carbonyl (C=O) groups is 3. The predicted octanol–water partition coefficient (Wildman–Crippen LogP) is 22.9. The normalized spacial score (nSPS) is 14.8. The van der Waals surface area contributed by atoms with Crippen LogP contribution in [0, 0.1) is 0 Å². The lowest BCUT2D eigenvalue weighted by atomic mass is 10.0. The Balaban J connectivity index is 4.59. The van der Waals surface area contributed by atoms with Crippen LogP contribution in [0.1, 0.15) is 303 Å². The Hall–Kier alpha value is -4.57. The Bertz CT molecular complexity index is 2420. The minimum atomic E-state index is -4.94. The quantitative estimate of drug-likeness (QED) is 0.0146. The summed E-state index contributed by atoms with van der Waals surface area (Å²) >= 11 is 0. The highest BCUT2D eigenvalue weighted by Gasteiger charge is 2.29. The fourth-order valence-corrected chi connectivity index (χ4v) is 11.8. The number of phosphoric acid groups is 2. The van der Waals surface area contributed by atoms with Crippen molar-refractivity contribution in [2.24, 2.45) is 0 Å². The molecular formula is C83H140O16P2. The van der Waals surface area contributed by atoms with Gasteiger partial charge in [0.2, 0.25) is 0 Å². The van der Waals surface area contributed by atoms with Crippen molar-refractivity contribution >= 4 is 33.6 Å². The molecule has 5 unspecified atom stereocenters. The first-order valence-corrected chi connectivity index (χ1v) is 42.1. The van der Waals surface area contributed by atoms with Crippen LogP contribution in [0.2, 0.25) is 0 Å². The lowest BCUT2D eigenvalue weighted by Crippen LogP contribution is -2.30. The van der Waals surface area contributed by atoms with Gasteiger partial charge in [0.05, 0.1) is 26.4 Å². The molecule has 0 heterocycles. The number of unbranched alkanes of at least 4 members (excludes halogenated alkanes) is 26. The van der Waals surface area contributed by atoms with Crippen LogP contribution in [0.15, 0.2) is 146 Å². The van der Waals surface area contributed by atoms with Gasteiger partial charge in [-0.05, 0) is 122 Å². The Morgan fingerprint density at radius 2 is 0.525 bits per heavy atom. The van der Waals surface area contributed by atoms with Gasteiger partial charge in [-0.2, -0.15) is 0 Å². The Kier molecular flexibility index (Phi) is 71.7. The second-order valence-corrected chi connectivity index (χ2v) is 28.7. The van der Waals surface area contributed by atoms with Gasteiger partial charge in [0, 0.05) is 19.3 Å². The molecule has 0 aromatic rings. The van der Waals surface area contributed by atoms with Crippen molar-refractivity contribution in [2.75, 3.05) is 39.6 Å². The van der Waals surface area contributed by atoms with Gasteiger partial charge in [0.25, 0.3) is 0 Å². The third-order valence-corrected chi connectivity index (χ3v) is 18.0. The Morgan fingerprint density at radius 1 is 0.287 bits per heavy atom. The third-order valence-electron chi connectivity index (χ3n) is 16.1. The number of aliphatic hydroxyl groups excluding tert-OH is 2. The average molecular weight is 1460 g/mol. The molecule has 4 N–H and O–H groups in total. The van der Waals surface area contributed by atoms with E-state index >= 15 is 0 Å². The molecular weight excluding hydrogens is 1310 g/mol. The van der Waals surface area contributed by atoms with Gasteiger partial charge < -0.3 is 34.2 Å². The fourth-order valence-electron chi connectivity index (χ4n) is 10.2. The first-order chi connectivity index (χ1) is 49.2. The smallest absolute Gasteiger partial charge is 0.463 e. The standard InChI is InChI=1S/C83H140O16P2/c1-4-7-10-13-16-19-22-25-28-30-32-34-35-36-37-38-39-40-41-43-45-46-49-51-54-57-60-63-66-69-81(86)93-72-78(84)73-95-100(89,90)96-74-79(85)75-97-101(91,92)98-77-80(99-83(88)71-68-65-62-59-56-53-48-27-24-21-18-15-12-9-6-3)76-94-82(87)70-67-64-61-58-55-52-50-47-44-42-33-31-29-26-23-20-17-14-11-8-5-2/h7-8,10-11,16-17,19-20,25-26,28-29,32-34,36-37,39-40,42,47,50,55,58,78-80,84-85H,4-6,9,12-15,18,21-24,27,30-31,35,38,41,43-46,48-49,51-54,56-57,59-77H2,1-3H3,(H,89,90)(H,91,92)/b10-7-,11-8-,19-16-,20-17-,28-25-,29-26-,34-32-,37-36-,40-39-,42-33-,50-47-,58-55-. The highest BCUT2D eigenvalue weighted by Crippen LogP contribution is 2.45. The number of ether oxygens (including phenoxy) is 3. The molecule has 0 bridgehead atoms. The Morgan fingerprint density at radius 3 is 0.851 bits per heavy atom. The molecule has 0 spiro atoms. The molecule has 0 aliphatic carbocycles. The molecule has 0 radical (unpaired) electrons. The summed E-state index contributed by atoms with van der Waals surface area (Å²) in [5.41, 5.74) is 0. The van der Waals surface area contributed by atoms with Crippen molar-refractivity contribution in [3.63, 3.8) is 0 Å². The lowest BCUT2D eigenvalue weighted by Gasteiger charge is -2.21. The molecule has 0 aliphatic heterocycles. The van der Waals surface area contributed by atoms with Crippen molar-refractivity contribution in [1.29, 1.82) is 0 Å². The van der Waals surface area contributed by atoms with Gasteiger partial charge in [-0.25, -0.2) is 9.13 Å². The SMILES string of the molecule is CC/C=C\C/C=C\C/C=C\C/C=C\C/C=C\C/C=C\CCCCCCCCCCCCC(=O)OCC(O)COP(=O)(O)OCC(O)COP(=O)(O)OCC(COC(=O)CCCC/C=C\C/C=C\C/C=C\C/C=C\C/C=C\C/C=C\CC)OC(=O)CCCCCCCCCCCCCCCCC. The molecule has 5 atom stereocenters. The fraction of sp³-hybridized carbons (Fsp3) is 0.675. The first kappa shape index (κ1) is 96.4. The van der Waals surface area contributed by atoms with Crippen molar-refractivity contribution in [1.82, 2.24) is 0 Å². The van der Waals surface area contributed by atoms with Gasteiger partial charge in [-0.1, -0.05) is 308 Å². The molecule has 101 heavy (non-hydrogen) atoms. The van der Waals surface area contributed by atoms with Crippen LogP contribution in [0.25, 0.3) is 0 Å². The Labute approximate surface area is 613 Å². The minimum absolute atomic E-state index is 0.0947. The first-order valence-electron chi connectivity index (χ1n) is 39.1. The molecule has 0 saturated carbocycles. The van der Waals surface area contributed by atoms with Crippen LogP contribution in [0.4, 0.5) is 0 Å². The van der Waals surface area contributed by atoms with Crippen molar-refractivity contribution in [3.05, 3.63) is 146 Å². The van der Waals surface area contributed by atoms with E-state index in [9.17, 15) is 43.5 Å². The maximum absolute atomic E-state index is 13.0. The van der Waals surface area contributed by atoms with E-state index in [0.717, 1.165) is 148 Å². The summed E-state index contributed by atoms with van der Waals surface area (Å²) in [5, 5.41) is 20.6. The number of hydrogen-bond donors (Lipinski definition) is 4. The van der Waals surface area contributed by atoms with Gasteiger partial charge in [0.1, 0.15) is 25.4 Å². The molecule has 0 amide bonds. The molecule has 16 nitrogen and oxygen atoms in total. The molecule has 0 rings (SSSR count). The second kappa shape index (κ2) is 75.1. The van der Waals surface area contributed by atoms with Crippen LogP contribution in [-0.4, -0.2) is 95.9 Å². The number of hydrogen-bond acceptors (Lipinski definition) is 14. The zero-order valence-corrected chi connectivity index (χ0v) is 64.8. The predicted molar refractivity (Wildman–Crippen MR) is 417 cm³/mol. The van der Waals surface area contributed by atoms with E-state index < -0.39 is 91.5 Å². The third kappa shape index (κ3) is 76.4. The van der Waals surface area contributed by atoms with Gasteiger partial charge in [0.15, 0.2) is 6.10 Å². The molecule has 0 aromatic carbocycles. The summed E-state index contributed by atoms with van der Waals surface area (Å²) in [6.07, 6.45) is 91.8. The van der Waals surface area contributed by atoms with E-state index in [-0.39, 0.29) is 19.3 Å². The summed E-state index contributed by atoms with van der Waals surface area (Å²) < 4.78 is 61.1. The van der Waals surface area contributed by atoms with Gasteiger partial charge in [-0.3, -0.25) is 32.5 Å². The number of allylic oxidation sites excluding steroid dienone is 24. The number of esters is 3. The maximum Gasteiger partial charge on any atom is 0.472 e. The molecule has 578 valence electrons. The van der Waals surface area contributed by atoms with Crippen LogP contribution in [-0.2, 0) is 55.8 Å². The van der Waals surface area contributed by atoms with Gasteiger partial charge >= 0.3 is 33.6 Å². The molecule has 0 aliphatic rings. The largest absolute Gasteiger partial charge is 0.472 e. The van der Waals surface area contributed by atoms with Crippen molar-refractivity contribution in [3.8, 4) is 0 Å². The van der Waals surface area contributed by atoms with E-state index in [1.165, 1.54) is 96.3 Å². The van der Waals surface area contributed by atoms with Crippen molar-refractivity contribution in [2.45, 2.75) is 322 Å². The summed E-state index contributed by atoms with van der Waals surface area (Å²) in [6.45, 7) is 2.41. The zero-order chi connectivity index (χ0) is 73.7. The number of carbonyl (C=O) groups excluding carboxylic acids is 3. The lowest BCUT2D eigenvalue weighted by molar-refractivity contribution is -0.161. The summed E-state index contributed by atoms with van der Waals surface area (Å²) in [4.78, 5) is 58.6. The van der Waals surface area contributed by atoms with Crippen LogP contribution in [0.5, 0.6) is 0 Å². The molecule has 18 heteroatoms. The topological polar surface area (TPSA) is 231 Å². The van der Waals surface area contributed by atoms with E-state index in [1.54, 1.807) is 0 Å². The van der Waals surface area contributed by atoms with E-state index in [0.29, 0.717) is 19.3 Å². The zero-order valence-electron chi connectivity index (χ0n) is 63.0. The second-order valence-electron chi connectivity index (χ2n) is 25.8. The summed E-state index contributed by atoms with van der Waals surface area (Å²) in [6, 6.07) is 0. The molecule has 0 aromatic heterocycles. The minimum Gasteiger partial charge on any atom is -0.463 e. The molecule has 0 fully saturated rings. The number of aliphatic hydroxyl groups is 2. The van der Waals surface area contributed by atoms with E-state index in [4.69, 9.17) is 32.3 Å². The highest BCUT2D eigenvalue weighted by molar-refractivity contribution is 7.47. The number of phosphoric ester groups is 2. The highest BCUT2D eigenvalue weighted by atomic mass is 31.2. The van der Waals surface area contributed by atoms with Crippen LogP contribution in [0.3, 0.4) is 0 Å². The van der Waals surface area contributed by atoms with E-state index in [2.05, 4.69) is 167 Å². The van der Waals surface area contributed by atoms with E-state index in [1.807, 2.05) is 0 Å². The number of rotatable bonds is 73. The monoisotopic (exact) mass is 1450 g/mol.